The van der Waals surface area contributed by atoms with E-state index in [4.69, 9.17) is 10.5 Å². The zero-order valence-electron chi connectivity index (χ0n) is 12.1. The molecule has 0 amide bonds. The van der Waals surface area contributed by atoms with Crippen LogP contribution in [0.25, 0.3) is 0 Å². The van der Waals surface area contributed by atoms with Crippen LogP contribution in [-0.2, 0) is 6.42 Å². The molecule has 0 aliphatic carbocycles. The minimum absolute atomic E-state index is 0.176. The molecule has 106 valence electrons. The molecule has 0 fully saturated rings. The molecule has 2 aromatic carbocycles. The molecule has 2 rings (SSSR count). The van der Waals surface area contributed by atoms with Crippen molar-refractivity contribution in [3.8, 4) is 5.75 Å². The van der Waals surface area contributed by atoms with Crippen LogP contribution in [0.15, 0.2) is 36.4 Å². The first-order valence-electron chi connectivity index (χ1n) is 6.66. The zero-order valence-corrected chi connectivity index (χ0v) is 12.1. The molecular weight excluding hydrogens is 253 g/mol. The van der Waals surface area contributed by atoms with E-state index in [0.717, 1.165) is 28.0 Å². The lowest BCUT2D eigenvalue weighted by Crippen LogP contribution is -2.14. The van der Waals surface area contributed by atoms with Gasteiger partial charge in [0, 0.05) is 6.04 Å². The highest BCUT2D eigenvalue weighted by atomic mass is 19.1. The Bertz CT molecular complexity index is 610. The van der Waals surface area contributed by atoms with Crippen LogP contribution in [0, 0.1) is 19.7 Å². The number of hydrogen-bond acceptors (Lipinski definition) is 2. The first-order valence-corrected chi connectivity index (χ1v) is 6.66. The normalized spacial score (nSPS) is 12.2. The highest BCUT2D eigenvalue weighted by molar-refractivity contribution is 5.38. The second-order valence-corrected chi connectivity index (χ2v) is 5.11. The molecule has 1 atom stereocenters. The van der Waals surface area contributed by atoms with Gasteiger partial charge in [0.1, 0.15) is 11.6 Å². The van der Waals surface area contributed by atoms with E-state index in [0.29, 0.717) is 6.42 Å². The van der Waals surface area contributed by atoms with E-state index >= 15 is 0 Å². The van der Waals surface area contributed by atoms with Gasteiger partial charge in [-0.15, -0.1) is 0 Å². The van der Waals surface area contributed by atoms with Gasteiger partial charge in [-0.2, -0.15) is 0 Å². The second kappa shape index (κ2) is 6.06. The lowest BCUT2D eigenvalue weighted by Gasteiger charge is -2.16. The van der Waals surface area contributed by atoms with Gasteiger partial charge in [0.05, 0.1) is 7.11 Å². The number of nitrogens with two attached hydrogens (primary N) is 1. The number of aryl methyl sites for hydroxylation is 2. The summed E-state index contributed by atoms with van der Waals surface area (Å²) in [5.74, 6) is 0.605. The Morgan fingerprint density at radius 1 is 1.10 bits per heavy atom. The largest absolute Gasteiger partial charge is 0.496 e. The van der Waals surface area contributed by atoms with Crippen molar-refractivity contribution in [2.45, 2.75) is 26.3 Å². The molecular formula is C17H20FNO. The summed E-state index contributed by atoms with van der Waals surface area (Å²) in [6.45, 7) is 3.96. The third-order valence-corrected chi connectivity index (χ3v) is 3.61. The van der Waals surface area contributed by atoms with Gasteiger partial charge in [0.25, 0.3) is 0 Å². The summed E-state index contributed by atoms with van der Waals surface area (Å²) in [6.07, 6.45) is 0.607. The number of ether oxygens (including phenoxy) is 1. The summed E-state index contributed by atoms with van der Waals surface area (Å²) in [4.78, 5) is 0. The van der Waals surface area contributed by atoms with Crippen LogP contribution in [-0.4, -0.2) is 7.11 Å². The van der Waals surface area contributed by atoms with E-state index in [1.54, 1.807) is 19.2 Å². The molecule has 0 spiro atoms. The van der Waals surface area contributed by atoms with Gasteiger partial charge >= 0.3 is 0 Å². The van der Waals surface area contributed by atoms with Crippen LogP contribution >= 0.6 is 0 Å². The summed E-state index contributed by atoms with van der Waals surface area (Å²) in [6, 6.07) is 10.6. The Labute approximate surface area is 119 Å². The van der Waals surface area contributed by atoms with Crippen molar-refractivity contribution in [1.82, 2.24) is 0 Å². The smallest absolute Gasteiger partial charge is 0.123 e. The quantitative estimate of drug-likeness (QED) is 0.922. The molecule has 20 heavy (non-hydrogen) atoms. The molecule has 0 heterocycles. The van der Waals surface area contributed by atoms with E-state index in [2.05, 4.69) is 0 Å². The molecule has 2 aromatic rings. The fourth-order valence-electron chi connectivity index (χ4n) is 2.28. The first kappa shape index (κ1) is 14.5. The Balaban J connectivity index is 2.23. The second-order valence-electron chi connectivity index (χ2n) is 5.11. The monoisotopic (exact) mass is 273 g/mol. The van der Waals surface area contributed by atoms with Crippen molar-refractivity contribution in [2.75, 3.05) is 7.11 Å². The molecule has 1 unspecified atom stereocenters. The van der Waals surface area contributed by atoms with Crippen molar-refractivity contribution in [3.63, 3.8) is 0 Å². The van der Waals surface area contributed by atoms with Crippen molar-refractivity contribution in [2.24, 2.45) is 5.73 Å². The van der Waals surface area contributed by atoms with Crippen LogP contribution in [0.2, 0.25) is 0 Å². The molecule has 0 aliphatic rings. The highest BCUT2D eigenvalue weighted by Gasteiger charge is 2.11. The average molecular weight is 273 g/mol. The lowest BCUT2D eigenvalue weighted by atomic mass is 9.96. The standard InChI is InChI=1S/C17H20FNO/c1-11-5-7-15(18)8-14(11)9-16(19)13-6-4-12(2)17(10-13)20-3/h4-8,10,16H,9,19H2,1-3H3. The number of benzene rings is 2. The van der Waals surface area contributed by atoms with Gasteiger partial charge < -0.3 is 10.5 Å². The minimum Gasteiger partial charge on any atom is -0.496 e. The van der Waals surface area contributed by atoms with E-state index in [-0.39, 0.29) is 11.9 Å². The Hall–Kier alpha value is -1.87. The topological polar surface area (TPSA) is 35.2 Å². The van der Waals surface area contributed by atoms with E-state index in [1.165, 1.54) is 6.07 Å². The first-order chi connectivity index (χ1) is 9.51. The number of rotatable bonds is 4. The van der Waals surface area contributed by atoms with Crippen molar-refractivity contribution >= 4 is 0 Å². The van der Waals surface area contributed by atoms with E-state index in [9.17, 15) is 4.39 Å². The highest BCUT2D eigenvalue weighted by Crippen LogP contribution is 2.25. The van der Waals surface area contributed by atoms with Crippen LogP contribution in [0.1, 0.15) is 28.3 Å². The SMILES string of the molecule is COc1cc(C(N)Cc2cc(F)ccc2C)ccc1C. The Morgan fingerprint density at radius 2 is 1.80 bits per heavy atom. The summed E-state index contributed by atoms with van der Waals surface area (Å²) < 4.78 is 18.6. The molecule has 0 radical (unpaired) electrons. The fraction of sp³-hybridized carbons (Fsp3) is 0.294. The maximum Gasteiger partial charge on any atom is 0.123 e. The van der Waals surface area contributed by atoms with Gasteiger partial charge in [-0.05, 0) is 60.7 Å². The molecule has 0 bridgehead atoms. The Morgan fingerprint density at radius 3 is 2.50 bits per heavy atom. The summed E-state index contributed by atoms with van der Waals surface area (Å²) in [5.41, 5.74) is 10.3. The Kier molecular flexibility index (Phi) is 4.40. The predicted octanol–water partition coefficient (Wildman–Crippen LogP) is 3.69. The third-order valence-electron chi connectivity index (χ3n) is 3.61. The van der Waals surface area contributed by atoms with E-state index < -0.39 is 0 Å². The van der Waals surface area contributed by atoms with Gasteiger partial charge in [-0.1, -0.05) is 18.2 Å². The van der Waals surface area contributed by atoms with Gasteiger partial charge in [-0.3, -0.25) is 0 Å². The molecule has 2 nitrogen and oxygen atoms in total. The van der Waals surface area contributed by atoms with E-state index in [1.807, 2.05) is 32.0 Å². The fourth-order valence-corrected chi connectivity index (χ4v) is 2.28. The van der Waals surface area contributed by atoms with Gasteiger partial charge in [0.2, 0.25) is 0 Å². The van der Waals surface area contributed by atoms with Gasteiger partial charge in [0.15, 0.2) is 0 Å². The van der Waals surface area contributed by atoms with Crippen molar-refractivity contribution in [3.05, 3.63) is 64.5 Å². The molecule has 2 N–H and O–H groups in total. The van der Waals surface area contributed by atoms with Gasteiger partial charge in [-0.25, -0.2) is 4.39 Å². The lowest BCUT2D eigenvalue weighted by molar-refractivity contribution is 0.410. The maximum absolute atomic E-state index is 13.3. The summed E-state index contributed by atoms with van der Waals surface area (Å²) in [7, 11) is 1.65. The molecule has 0 aliphatic heterocycles. The zero-order chi connectivity index (χ0) is 14.7. The third kappa shape index (κ3) is 3.17. The molecule has 0 aromatic heterocycles. The molecule has 3 heteroatoms. The van der Waals surface area contributed by atoms with Crippen LogP contribution < -0.4 is 10.5 Å². The molecule has 0 saturated heterocycles. The van der Waals surface area contributed by atoms with Crippen LogP contribution in [0.3, 0.4) is 0 Å². The number of halogens is 1. The summed E-state index contributed by atoms with van der Waals surface area (Å²) in [5, 5.41) is 0. The average Bonchev–Trinajstić information content (AvgIpc) is 2.43. The van der Waals surface area contributed by atoms with Crippen molar-refractivity contribution < 1.29 is 9.13 Å². The van der Waals surface area contributed by atoms with Crippen LogP contribution in [0.5, 0.6) is 5.75 Å². The maximum atomic E-state index is 13.3. The van der Waals surface area contributed by atoms with Crippen molar-refractivity contribution in [1.29, 1.82) is 0 Å². The van der Waals surface area contributed by atoms with Crippen LogP contribution in [0.4, 0.5) is 4.39 Å². The summed E-state index contributed by atoms with van der Waals surface area (Å²) >= 11 is 0. The number of methoxy groups -OCH3 is 1. The predicted molar refractivity (Wildman–Crippen MR) is 79.5 cm³/mol. The molecule has 0 saturated carbocycles. The minimum atomic E-state index is -0.223. The number of hydrogen-bond donors (Lipinski definition) is 1.